The van der Waals surface area contributed by atoms with Crippen molar-refractivity contribution in [1.29, 1.82) is 0 Å². The van der Waals surface area contributed by atoms with Crippen LogP contribution in [0, 0.1) is 11.2 Å². The summed E-state index contributed by atoms with van der Waals surface area (Å²) in [6, 6.07) is 6.61. The summed E-state index contributed by atoms with van der Waals surface area (Å²) in [6.07, 6.45) is 5.92. The van der Waals surface area contributed by atoms with Crippen LogP contribution in [0.4, 0.5) is 16.2 Å². The van der Waals surface area contributed by atoms with Gasteiger partial charge in [-0.05, 0) is 70.1 Å². The number of likely N-dealkylation sites (N-methyl/N-ethyl adjacent to an activating group) is 1. The van der Waals surface area contributed by atoms with Crippen LogP contribution < -0.4 is 14.5 Å². The van der Waals surface area contributed by atoms with Crippen molar-refractivity contribution in [2.75, 3.05) is 69.8 Å². The van der Waals surface area contributed by atoms with Gasteiger partial charge in [-0.2, -0.15) is 4.98 Å². The van der Waals surface area contributed by atoms with Gasteiger partial charge < -0.3 is 29.4 Å². The summed E-state index contributed by atoms with van der Waals surface area (Å²) in [7, 11) is 4.18. The molecule has 1 amide bonds. The zero-order valence-electron chi connectivity index (χ0n) is 25.9. The monoisotopic (exact) mass is 600 g/mol. The van der Waals surface area contributed by atoms with Gasteiger partial charge in [-0.15, -0.1) is 0 Å². The fraction of sp³-hybridized carbons (Fsp3) is 0.441. The molecular weight excluding hydrogens is 559 g/mol. The van der Waals surface area contributed by atoms with E-state index < -0.39 is 5.82 Å². The number of carbonyl (C=O) groups is 1. The number of piperidine rings is 1. The van der Waals surface area contributed by atoms with E-state index in [1.54, 1.807) is 6.08 Å². The van der Waals surface area contributed by atoms with E-state index in [4.69, 9.17) is 14.7 Å². The molecule has 232 valence electrons. The number of aromatic hydroxyl groups is 1. The number of anilines is 2. The van der Waals surface area contributed by atoms with Gasteiger partial charge in [0.25, 0.3) is 0 Å². The fourth-order valence-electron chi connectivity index (χ4n) is 6.98. The van der Waals surface area contributed by atoms with Crippen LogP contribution in [-0.2, 0) is 4.79 Å². The van der Waals surface area contributed by atoms with E-state index >= 15 is 4.39 Å². The van der Waals surface area contributed by atoms with Crippen LogP contribution >= 0.6 is 0 Å². The third-order valence-electron chi connectivity index (χ3n) is 9.53. The van der Waals surface area contributed by atoms with E-state index in [0.29, 0.717) is 41.0 Å². The van der Waals surface area contributed by atoms with Crippen molar-refractivity contribution in [3.8, 4) is 22.6 Å². The van der Waals surface area contributed by atoms with Gasteiger partial charge in [-0.3, -0.25) is 4.79 Å². The largest absolute Gasteiger partial charge is 0.507 e. The van der Waals surface area contributed by atoms with Gasteiger partial charge in [0.1, 0.15) is 22.9 Å². The molecule has 10 heteroatoms. The maximum Gasteiger partial charge on any atom is 0.245 e. The highest BCUT2D eigenvalue weighted by Crippen LogP contribution is 2.48. The molecule has 1 atom stereocenters. The zero-order chi connectivity index (χ0) is 31.2. The smallest absolute Gasteiger partial charge is 0.245 e. The second kappa shape index (κ2) is 11.7. The topological polar surface area (TPSA) is 85.3 Å². The average molecular weight is 601 g/mol. The number of aromatic nitrogens is 2. The summed E-state index contributed by atoms with van der Waals surface area (Å²) in [5, 5.41) is 11.6. The van der Waals surface area contributed by atoms with E-state index in [0.717, 1.165) is 69.7 Å². The number of rotatable bonds is 8. The third-order valence-corrected chi connectivity index (χ3v) is 9.53. The molecule has 1 N–H and O–H groups in total. The van der Waals surface area contributed by atoms with E-state index in [-0.39, 0.29) is 22.6 Å². The van der Waals surface area contributed by atoms with Crippen molar-refractivity contribution in [1.82, 2.24) is 19.8 Å². The SMILES string of the molecule is C=CC(=O)N1CC2(CCN(c3nc(N4CCC(N(C)C)C4)nc4c(OCC)c(-c5c(O)cccc5F)c(C=C)cc34)CC2)C1. The number of amides is 1. The first-order valence-corrected chi connectivity index (χ1v) is 15.4. The number of phenols is 1. The molecule has 6 rings (SSSR count). The summed E-state index contributed by atoms with van der Waals surface area (Å²) < 4.78 is 21.6. The minimum absolute atomic E-state index is 0.0109. The highest BCUT2D eigenvalue weighted by molar-refractivity contribution is 6.03. The van der Waals surface area contributed by atoms with Crippen molar-refractivity contribution < 1.29 is 19.0 Å². The molecule has 1 spiro atoms. The first-order chi connectivity index (χ1) is 21.2. The van der Waals surface area contributed by atoms with Crippen molar-refractivity contribution in [3.63, 3.8) is 0 Å². The van der Waals surface area contributed by atoms with E-state index in [1.807, 2.05) is 17.9 Å². The number of ether oxygens (including phenoxy) is 1. The molecule has 44 heavy (non-hydrogen) atoms. The fourth-order valence-corrected chi connectivity index (χ4v) is 6.98. The van der Waals surface area contributed by atoms with Gasteiger partial charge in [0, 0.05) is 61.7 Å². The molecule has 0 aliphatic carbocycles. The molecule has 0 saturated carbocycles. The normalized spacial score (nSPS) is 19.5. The average Bonchev–Trinajstić information content (AvgIpc) is 3.51. The number of halogens is 1. The Labute approximate surface area is 258 Å². The summed E-state index contributed by atoms with van der Waals surface area (Å²) in [4.78, 5) is 31.0. The number of hydrogen-bond donors (Lipinski definition) is 1. The highest BCUT2D eigenvalue weighted by atomic mass is 19.1. The molecule has 0 bridgehead atoms. The Morgan fingerprint density at radius 3 is 2.52 bits per heavy atom. The lowest BCUT2D eigenvalue weighted by atomic mass is 9.72. The van der Waals surface area contributed by atoms with Gasteiger partial charge in [0.05, 0.1) is 12.2 Å². The number of nitrogens with zero attached hydrogens (tertiary/aromatic N) is 6. The molecule has 2 aromatic carbocycles. The van der Waals surface area contributed by atoms with Gasteiger partial charge >= 0.3 is 0 Å². The minimum atomic E-state index is -0.554. The van der Waals surface area contributed by atoms with Crippen LogP contribution in [0.1, 0.15) is 31.7 Å². The van der Waals surface area contributed by atoms with Crippen LogP contribution in [-0.4, -0.2) is 96.8 Å². The summed E-state index contributed by atoms with van der Waals surface area (Å²) >= 11 is 0. The first kappa shape index (κ1) is 29.9. The van der Waals surface area contributed by atoms with Gasteiger partial charge in [0.2, 0.25) is 11.9 Å². The zero-order valence-corrected chi connectivity index (χ0v) is 25.9. The molecular formula is C34H41FN6O3. The maximum atomic E-state index is 15.4. The second-order valence-electron chi connectivity index (χ2n) is 12.4. The van der Waals surface area contributed by atoms with Crippen LogP contribution in [0.25, 0.3) is 28.1 Å². The number of phenolic OH excluding ortho intramolecular Hbond substituents is 1. The summed E-state index contributed by atoms with van der Waals surface area (Å²) in [6.45, 7) is 14.6. The molecule has 3 fully saturated rings. The number of fused-ring (bicyclic) bond motifs is 1. The molecule has 9 nitrogen and oxygen atoms in total. The Hall–Kier alpha value is -4.18. The van der Waals surface area contributed by atoms with Gasteiger partial charge in [0.15, 0.2) is 5.75 Å². The summed E-state index contributed by atoms with van der Waals surface area (Å²) in [5.74, 6) is 1.08. The number of carbonyl (C=O) groups excluding carboxylic acids is 1. The predicted molar refractivity (Wildman–Crippen MR) is 173 cm³/mol. The van der Waals surface area contributed by atoms with Crippen molar-refractivity contribution in [2.45, 2.75) is 32.2 Å². The van der Waals surface area contributed by atoms with Crippen LogP contribution in [0.5, 0.6) is 11.5 Å². The van der Waals surface area contributed by atoms with Crippen molar-refractivity contribution >= 4 is 34.7 Å². The first-order valence-electron chi connectivity index (χ1n) is 15.4. The van der Waals surface area contributed by atoms with Gasteiger partial charge in [-0.1, -0.05) is 25.3 Å². The Balaban J connectivity index is 1.48. The van der Waals surface area contributed by atoms with Crippen LogP contribution in [0.2, 0.25) is 0 Å². The van der Waals surface area contributed by atoms with Crippen molar-refractivity contribution in [3.05, 3.63) is 54.9 Å². The van der Waals surface area contributed by atoms with Gasteiger partial charge in [-0.25, -0.2) is 9.37 Å². The second-order valence-corrected chi connectivity index (χ2v) is 12.4. The lowest BCUT2D eigenvalue weighted by Gasteiger charge is -2.54. The standard InChI is InChI=1S/C34H41FN6O3/c1-6-22-18-24-30(31(44-8-3)28(22)29-25(35)10-9-11-26(29)42)36-33(40-15-12-23(19-40)38(4)5)37-32(24)39-16-13-34(14-17-39)20-41(21-34)27(43)7-2/h6-7,9-11,18,23,42H,1-2,8,12-17,19-21H2,3-5H3. The lowest BCUT2D eigenvalue weighted by molar-refractivity contribution is -0.139. The number of hydrogen-bond acceptors (Lipinski definition) is 8. The molecule has 3 saturated heterocycles. The Kier molecular flexibility index (Phi) is 7.96. The Morgan fingerprint density at radius 1 is 1.16 bits per heavy atom. The molecule has 3 aromatic rings. The predicted octanol–water partition coefficient (Wildman–Crippen LogP) is 4.94. The van der Waals surface area contributed by atoms with Crippen LogP contribution in [0.15, 0.2) is 43.5 Å². The number of likely N-dealkylation sites (tertiary alicyclic amines) is 1. The third kappa shape index (κ3) is 5.15. The molecule has 1 unspecified atom stereocenters. The van der Waals surface area contributed by atoms with Crippen LogP contribution in [0.3, 0.4) is 0 Å². The molecule has 3 aliphatic heterocycles. The van der Waals surface area contributed by atoms with E-state index in [9.17, 15) is 9.90 Å². The van der Waals surface area contributed by atoms with Crippen molar-refractivity contribution in [2.24, 2.45) is 5.41 Å². The maximum absolute atomic E-state index is 15.4. The lowest BCUT2D eigenvalue weighted by Crippen LogP contribution is -2.61. The molecule has 4 heterocycles. The summed E-state index contributed by atoms with van der Waals surface area (Å²) in [5.41, 5.74) is 1.81. The minimum Gasteiger partial charge on any atom is -0.507 e. The molecule has 0 radical (unpaired) electrons. The van der Waals surface area contributed by atoms with E-state index in [1.165, 1.54) is 24.3 Å². The Morgan fingerprint density at radius 2 is 1.91 bits per heavy atom. The highest BCUT2D eigenvalue weighted by Gasteiger charge is 2.46. The number of benzene rings is 2. The Bertz CT molecular complexity index is 1590. The quantitative estimate of drug-likeness (QED) is 0.364. The van der Waals surface area contributed by atoms with E-state index in [2.05, 4.69) is 42.0 Å². The molecule has 3 aliphatic rings. The molecule has 1 aromatic heterocycles.